The summed E-state index contributed by atoms with van der Waals surface area (Å²) in [6.45, 7) is 5.48. The molecule has 0 spiro atoms. The van der Waals surface area contributed by atoms with Crippen LogP contribution in [0.1, 0.15) is 50.8 Å². The van der Waals surface area contributed by atoms with Crippen LogP contribution in [-0.2, 0) is 29.1 Å². The lowest BCUT2D eigenvalue weighted by molar-refractivity contribution is -0.137. The number of carboxylic acid groups (broad SMARTS) is 1. The average Bonchev–Trinajstić information content (AvgIpc) is 2.62. The van der Waals surface area contributed by atoms with Gasteiger partial charge in [0.1, 0.15) is 10.5 Å². The van der Waals surface area contributed by atoms with Crippen LogP contribution < -0.4 is 0 Å². The van der Waals surface area contributed by atoms with Crippen LogP contribution in [0.5, 0.6) is 0 Å². The molecule has 1 N–H and O–H groups in total. The Kier molecular flexibility index (Phi) is 6.07. The molecule has 27 heavy (non-hydrogen) atoms. The molecule has 2 heterocycles. The summed E-state index contributed by atoms with van der Waals surface area (Å²) in [5.74, 6) is 0.149. The highest BCUT2D eigenvalue weighted by Crippen LogP contribution is 2.31. The normalized spacial score (nSPS) is 15.3. The largest absolute Gasteiger partial charge is 0.481 e. The SMILES string of the molecule is CC1(C)Cc2c(c(=S)nc(-c3ccccc3)n2CCCCCC(=O)O)CO1. The maximum Gasteiger partial charge on any atom is 0.303 e. The number of benzene rings is 1. The molecule has 3 rings (SSSR count). The third kappa shape index (κ3) is 4.82. The minimum absolute atomic E-state index is 0.221. The van der Waals surface area contributed by atoms with E-state index < -0.39 is 5.97 Å². The second-order valence-electron chi connectivity index (χ2n) is 7.61. The molecule has 0 aliphatic carbocycles. The van der Waals surface area contributed by atoms with Crippen molar-refractivity contribution in [1.82, 2.24) is 9.55 Å². The Morgan fingerprint density at radius 3 is 2.70 bits per heavy atom. The maximum atomic E-state index is 10.7. The fourth-order valence-electron chi connectivity index (χ4n) is 3.48. The summed E-state index contributed by atoms with van der Waals surface area (Å²) in [6, 6.07) is 10.1. The predicted octanol–water partition coefficient (Wildman–Crippen LogP) is 4.78. The molecule has 6 heteroatoms. The molecule has 0 amide bonds. The number of aliphatic carboxylic acids is 1. The van der Waals surface area contributed by atoms with Gasteiger partial charge in [-0.15, -0.1) is 0 Å². The molecular weight excluding hydrogens is 360 g/mol. The number of rotatable bonds is 7. The van der Waals surface area contributed by atoms with Crippen LogP contribution in [0.4, 0.5) is 0 Å². The van der Waals surface area contributed by atoms with Crippen LogP contribution in [0.2, 0.25) is 0 Å². The molecule has 1 aromatic carbocycles. The van der Waals surface area contributed by atoms with Gasteiger partial charge < -0.3 is 14.4 Å². The molecule has 144 valence electrons. The van der Waals surface area contributed by atoms with Crippen molar-refractivity contribution in [3.63, 3.8) is 0 Å². The smallest absolute Gasteiger partial charge is 0.303 e. The van der Waals surface area contributed by atoms with Crippen LogP contribution in [0.25, 0.3) is 11.4 Å². The van der Waals surface area contributed by atoms with Gasteiger partial charge in [-0.3, -0.25) is 4.79 Å². The quantitative estimate of drug-likeness (QED) is 0.548. The van der Waals surface area contributed by atoms with E-state index in [0.717, 1.165) is 42.8 Å². The van der Waals surface area contributed by atoms with Gasteiger partial charge in [0.15, 0.2) is 0 Å². The van der Waals surface area contributed by atoms with Gasteiger partial charge in [-0.05, 0) is 26.7 Å². The Hall–Kier alpha value is -2.05. The molecule has 0 fully saturated rings. The van der Waals surface area contributed by atoms with Crippen molar-refractivity contribution in [1.29, 1.82) is 0 Å². The molecule has 1 aliphatic rings. The van der Waals surface area contributed by atoms with E-state index >= 15 is 0 Å². The summed E-state index contributed by atoms with van der Waals surface area (Å²) in [5, 5.41) is 8.83. The number of carbonyl (C=O) groups is 1. The van der Waals surface area contributed by atoms with Gasteiger partial charge in [0.25, 0.3) is 0 Å². The number of fused-ring (bicyclic) bond motifs is 1. The summed E-state index contributed by atoms with van der Waals surface area (Å²) >= 11 is 5.57. The van der Waals surface area contributed by atoms with Gasteiger partial charge in [-0.25, -0.2) is 4.98 Å². The lowest BCUT2D eigenvalue weighted by atomic mass is 9.95. The highest BCUT2D eigenvalue weighted by Gasteiger charge is 2.30. The summed E-state index contributed by atoms with van der Waals surface area (Å²) < 4.78 is 8.84. The number of nitrogens with zero attached hydrogens (tertiary/aromatic N) is 2. The molecule has 0 radical (unpaired) electrons. The Morgan fingerprint density at radius 2 is 2.00 bits per heavy atom. The Morgan fingerprint density at radius 1 is 1.26 bits per heavy atom. The average molecular weight is 387 g/mol. The molecule has 0 bridgehead atoms. The first-order valence-electron chi connectivity index (χ1n) is 9.41. The third-order valence-electron chi connectivity index (χ3n) is 4.90. The number of aromatic nitrogens is 2. The van der Waals surface area contributed by atoms with Crippen LogP contribution in [0.3, 0.4) is 0 Å². The van der Waals surface area contributed by atoms with Gasteiger partial charge >= 0.3 is 5.97 Å². The highest BCUT2D eigenvalue weighted by molar-refractivity contribution is 7.71. The number of carboxylic acids is 1. The van der Waals surface area contributed by atoms with Crippen LogP contribution in [0.15, 0.2) is 30.3 Å². The Balaban J connectivity index is 1.96. The Labute approximate surface area is 165 Å². The first-order valence-corrected chi connectivity index (χ1v) is 9.82. The molecule has 0 saturated heterocycles. The molecule has 0 atom stereocenters. The molecule has 0 unspecified atom stereocenters. The molecule has 0 saturated carbocycles. The van der Waals surface area contributed by atoms with E-state index in [9.17, 15) is 4.79 Å². The van der Waals surface area contributed by atoms with E-state index in [4.69, 9.17) is 27.0 Å². The summed E-state index contributed by atoms with van der Waals surface area (Å²) in [7, 11) is 0. The van der Waals surface area contributed by atoms with Crippen molar-refractivity contribution >= 4 is 18.2 Å². The van der Waals surface area contributed by atoms with Crippen molar-refractivity contribution in [2.75, 3.05) is 0 Å². The van der Waals surface area contributed by atoms with Crippen LogP contribution in [-0.4, -0.2) is 26.2 Å². The van der Waals surface area contributed by atoms with Gasteiger partial charge in [0.05, 0.1) is 12.2 Å². The van der Waals surface area contributed by atoms with E-state index in [1.807, 2.05) is 18.2 Å². The zero-order valence-corrected chi connectivity index (χ0v) is 16.7. The zero-order valence-electron chi connectivity index (χ0n) is 15.9. The van der Waals surface area contributed by atoms with Crippen molar-refractivity contribution in [3.8, 4) is 11.4 Å². The zero-order chi connectivity index (χ0) is 19.4. The van der Waals surface area contributed by atoms with E-state index in [1.165, 1.54) is 5.69 Å². The van der Waals surface area contributed by atoms with Gasteiger partial charge in [-0.1, -0.05) is 49.0 Å². The number of hydrogen-bond acceptors (Lipinski definition) is 4. The third-order valence-corrected chi connectivity index (χ3v) is 5.24. The number of hydrogen-bond donors (Lipinski definition) is 1. The molecule has 1 aromatic heterocycles. The summed E-state index contributed by atoms with van der Waals surface area (Å²) in [6.07, 6.45) is 3.48. The van der Waals surface area contributed by atoms with Gasteiger partial charge in [0, 0.05) is 36.2 Å². The second kappa shape index (κ2) is 8.31. The minimum atomic E-state index is -0.735. The standard InChI is InChI=1S/C21H26N2O3S/c1-21(2)13-17-16(14-26-21)20(27)22-19(15-9-5-3-6-10-15)23(17)12-8-4-7-11-18(24)25/h3,5-6,9-10H,4,7-8,11-14H2,1-2H3,(H,24,25). The fraction of sp³-hybridized carbons (Fsp3) is 0.476. The number of ether oxygens (including phenoxy) is 1. The molecule has 2 aromatic rings. The van der Waals surface area contributed by atoms with Crippen LogP contribution in [0, 0.1) is 4.64 Å². The highest BCUT2D eigenvalue weighted by atomic mass is 32.1. The van der Waals surface area contributed by atoms with Gasteiger partial charge in [0.2, 0.25) is 0 Å². The van der Waals surface area contributed by atoms with E-state index in [1.54, 1.807) is 0 Å². The van der Waals surface area contributed by atoms with E-state index in [2.05, 4.69) is 30.5 Å². The van der Waals surface area contributed by atoms with Crippen molar-refractivity contribution in [2.45, 2.75) is 64.7 Å². The van der Waals surface area contributed by atoms with Crippen molar-refractivity contribution in [3.05, 3.63) is 46.2 Å². The maximum absolute atomic E-state index is 10.7. The number of unbranched alkanes of at least 4 members (excludes halogenated alkanes) is 2. The fourth-order valence-corrected chi connectivity index (χ4v) is 3.74. The topological polar surface area (TPSA) is 64.4 Å². The molecule has 1 aliphatic heterocycles. The summed E-state index contributed by atoms with van der Waals surface area (Å²) in [4.78, 5) is 15.5. The van der Waals surface area contributed by atoms with E-state index in [0.29, 0.717) is 17.7 Å². The second-order valence-corrected chi connectivity index (χ2v) is 8.00. The van der Waals surface area contributed by atoms with Crippen LogP contribution >= 0.6 is 12.2 Å². The van der Waals surface area contributed by atoms with Crippen molar-refractivity contribution < 1.29 is 14.6 Å². The minimum Gasteiger partial charge on any atom is -0.481 e. The van der Waals surface area contributed by atoms with Crippen molar-refractivity contribution in [2.24, 2.45) is 0 Å². The van der Waals surface area contributed by atoms with E-state index in [-0.39, 0.29) is 12.0 Å². The summed E-state index contributed by atoms with van der Waals surface area (Å²) in [5.41, 5.74) is 3.01. The van der Waals surface area contributed by atoms with Gasteiger partial charge in [-0.2, -0.15) is 0 Å². The molecular formula is C21H26N2O3S. The predicted molar refractivity (Wildman–Crippen MR) is 107 cm³/mol. The lowest BCUT2D eigenvalue weighted by Crippen LogP contribution is -2.35. The first kappa shape index (κ1) is 19.7. The lowest BCUT2D eigenvalue weighted by Gasteiger charge is -2.34. The first-order chi connectivity index (χ1) is 12.9. The molecule has 5 nitrogen and oxygen atoms in total. The monoisotopic (exact) mass is 386 g/mol. The Bertz CT molecular complexity index is 875.